The van der Waals surface area contributed by atoms with Crippen LogP contribution in [0.15, 0.2) is 41.9 Å². The fourth-order valence-electron chi connectivity index (χ4n) is 1.32. The van der Waals surface area contributed by atoms with Crippen LogP contribution in [0.25, 0.3) is 0 Å². The van der Waals surface area contributed by atoms with Crippen molar-refractivity contribution in [2.45, 2.75) is 0 Å². The second-order valence-electron chi connectivity index (χ2n) is 3.65. The van der Waals surface area contributed by atoms with Crippen LogP contribution in [-0.4, -0.2) is 32.0 Å². The lowest BCUT2D eigenvalue weighted by Crippen LogP contribution is -2.41. The summed E-state index contributed by atoms with van der Waals surface area (Å²) in [6.07, 6.45) is 1.68. The van der Waals surface area contributed by atoms with Crippen LogP contribution >= 0.6 is 0 Å². The van der Waals surface area contributed by atoms with E-state index in [2.05, 4.69) is 27.5 Å². The molecule has 0 aliphatic carbocycles. The monoisotopic (exact) mass is 264 g/mol. The van der Waals surface area contributed by atoms with E-state index in [1.54, 1.807) is 19.2 Å². The van der Waals surface area contributed by atoms with Crippen LogP contribution in [0.5, 0.6) is 0 Å². The predicted molar refractivity (Wildman–Crippen MR) is 74.6 cm³/mol. The molecule has 1 aromatic carbocycles. The Labute approximate surface area is 111 Å². The third-order valence-electron chi connectivity index (χ3n) is 2.16. The van der Waals surface area contributed by atoms with Crippen LogP contribution in [0.4, 0.5) is 10.1 Å². The van der Waals surface area contributed by atoms with Crippen LogP contribution in [0, 0.1) is 5.82 Å². The number of anilines is 1. The minimum atomic E-state index is -0.394. The first-order valence-electron chi connectivity index (χ1n) is 5.76. The molecule has 0 atom stereocenters. The summed E-state index contributed by atoms with van der Waals surface area (Å²) in [4.78, 5) is 15.5. The van der Waals surface area contributed by atoms with Gasteiger partial charge in [-0.2, -0.15) is 0 Å². The summed E-state index contributed by atoms with van der Waals surface area (Å²) in [6, 6.07) is 5.71. The van der Waals surface area contributed by atoms with Crippen molar-refractivity contribution >= 4 is 17.6 Å². The van der Waals surface area contributed by atoms with Gasteiger partial charge in [-0.3, -0.25) is 9.79 Å². The summed E-state index contributed by atoms with van der Waals surface area (Å²) in [5, 5.41) is 8.33. The summed E-state index contributed by atoms with van der Waals surface area (Å²) in [7, 11) is 1.60. The molecule has 1 rings (SSSR count). The molecule has 0 aliphatic heterocycles. The van der Waals surface area contributed by atoms with Gasteiger partial charge in [0.2, 0.25) is 5.91 Å². The summed E-state index contributed by atoms with van der Waals surface area (Å²) in [6.45, 7) is 4.15. The molecule has 5 nitrogen and oxygen atoms in total. The van der Waals surface area contributed by atoms with Crippen LogP contribution < -0.4 is 16.0 Å². The Morgan fingerprint density at radius 3 is 2.89 bits per heavy atom. The van der Waals surface area contributed by atoms with Gasteiger partial charge < -0.3 is 16.0 Å². The van der Waals surface area contributed by atoms with E-state index in [0.717, 1.165) is 0 Å². The first-order chi connectivity index (χ1) is 9.15. The molecule has 19 heavy (non-hydrogen) atoms. The molecule has 0 radical (unpaired) electrons. The molecule has 0 unspecified atom stereocenters. The van der Waals surface area contributed by atoms with E-state index >= 15 is 0 Å². The number of halogens is 1. The normalized spacial score (nSPS) is 10.7. The Balaban J connectivity index is 2.41. The van der Waals surface area contributed by atoms with Crippen molar-refractivity contribution in [3.63, 3.8) is 0 Å². The van der Waals surface area contributed by atoms with Gasteiger partial charge >= 0.3 is 0 Å². The molecule has 0 fully saturated rings. The van der Waals surface area contributed by atoms with Crippen LogP contribution in [0.3, 0.4) is 0 Å². The highest BCUT2D eigenvalue weighted by Crippen LogP contribution is 2.08. The second kappa shape index (κ2) is 7.86. The minimum absolute atomic E-state index is 0.0350. The lowest BCUT2D eigenvalue weighted by Gasteiger charge is -2.10. The van der Waals surface area contributed by atoms with Crippen molar-refractivity contribution in [3.05, 3.63) is 42.7 Å². The molecule has 0 saturated carbocycles. The smallest absolute Gasteiger partial charge is 0.243 e. The number of hydrogen-bond donors (Lipinski definition) is 3. The summed E-state index contributed by atoms with van der Waals surface area (Å²) in [5.41, 5.74) is 0.417. The van der Waals surface area contributed by atoms with Gasteiger partial charge in [0.15, 0.2) is 5.96 Å². The van der Waals surface area contributed by atoms with Gasteiger partial charge in [0.05, 0.1) is 6.54 Å². The Morgan fingerprint density at radius 2 is 2.26 bits per heavy atom. The molecule has 3 N–H and O–H groups in total. The fraction of sp³-hybridized carbons (Fsp3) is 0.231. The number of guanidine groups is 1. The zero-order chi connectivity index (χ0) is 14.1. The predicted octanol–water partition coefficient (Wildman–Crippen LogP) is 1.12. The van der Waals surface area contributed by atoms with Gasteiger partial charge in [-0.05, 0) is 18.2 Å². The standard InChI is InChI=1S/C13H17FN4O/c1-3-7-16-13(15-2)17-9-12(19)18-11-6-4-5-10(14)8-11/h3-6,8H,1,7,9H2,2H3,(H,18,19)(H2,15,16,17). The molecule has 6 heteroatoms. The van der Waals surface area contributed by atoms with Gasteiger partial charge in [-0.1, -0.05) is 12.1 Å². The van der Waals surface area contributed by atoms with Gasteiger partial charge in [0, 0.05) is 19.3 Å². The van der Waals surface area contributed by atoms with E-state index in [1.807, 2.05) is 0 Å². The summed E-state index contributed by atoms with van der Waals surface area (Å²) < 4.78 is 12.9. The maximum absolute atomic E-state index is 12.9. The third-order valence-corrected chi connectivity index (χ3v) is 2.16. The Morgan fingerprint density at radius 1 is 1.47 bits per heavy atom. The number of hydrogen-bond acceptors (Lipinski definition) is 2. The van der Waals surface area contributed by atoms with E-state index in [9.17, 15) is 9.18 Å². The van der Waals surface area contributed by atoms with Gasteiger partial charge in [0.1, 0.15) is 5.82 Å². The fourth-order valence-corrected chi connectivity index (χ4v) is 1.32. The minimum Gasteiger partial charge on any atom is -0.353 e. The number of amides is 1. The number of benzene rings is 1. The summed E-state index contributed by atoms with van der Waals surface area (Å²) in [5.74, 6) is -0.185. The molecule has 102 valence electrons. The van der Waals surface area contributed by atoms with Crippen molar-refractivity contribution in [2.24, 2.45) is 4.99 Å². The van der Waals surface area contributed by atoms with Crippen molar-refractivity contribution in [3.8, 4) is 0 Å². The summed E-state index contributed by atoms with van der Waals surface area (Å²) >= 11 is 0. The van der Waals surface area contributed by atoms with Crippen molar-refractivity contribution in [1.29, 1.82) is 0 Å². The van der Waals surface area contributed by atoms with Gasteiger partial charge in [-0.25, -0.2) is 4.39 Å². The highest BCUT2D eigenvalue weighted by Gasteiger charge is 2.04. The zero-order valence-corrected chi connectivity index (χ0v) is 10.7. The zero-order valence-electron chi connectivity index (χ0n) is 10.7. The Hall–Kier alpha value is -2.37. The quantitative estimate of drug-likeness (QED) is 0.424. The average molecular weight is 264 g/mol. The molecule has 0 bridgehead atoms. The third kappa shape index (κ3) is 5.67. The second-order valence-corrected chi connectivity index (χ2v) is 3.65. The number of aliphatic imine (C=N–C) groups is 1. The molecular weight excluding hydrogens is 247 g/mol. The van der Waals surface area contributed by atoms with Crippen LogP contribution in [-0.2, 0) is 4.79 Å². The van der Waals surface area contributed by atoms with E-state index < -0.39 is 5.82 Å². The van der Waals surface area contributed by atoms with E-state index in [0.29, 0.717) is 18.2 Å². The first-order valence-corrected chi connectivity index (χ1v) is 5.76. The number of nitrogens with one attached hydrogen (secondary N) is 3. The van der Waals surface area contributed by atoms with Crippen molar-refractivity contribution in [1.82, 2.24) is 10.6 Å². The average Bonchev–Trinajstić information content (AvgIpc) is 2.39. The van der Waals surface area contributed by atoms with E-state index in [1.165, 1.54) is 18.2 Å². The molecule has 1 amide bonds. The Kier molecular flexibility index (Phi) is 6.08. The topological polar surface area (TPSA) is 65.5 Å². The van der Waals surface area contributed by atoms with Crippen LogP contribution in [0.2, 0.25) is 0 Å². The van der Waals surface area contributed by atoms with Crippen LogP contribution in [0.1, 0.15) is 0 Å². The molecule has 0 heterocycles. The molecular formula is C13H17FN4O. The lowest BCUT2D eigenvalue weighted by molar-refractivity contribution is -0.115. The van der Waals surface area contributed by atoms with E-state index in [-0.39, 0.29) is 12.5 Å². The number of carbonyl (C=O) groups is 1. The SMILES string of the molecule is C=CCNC(=NC)NCC(=O)Nc1cccc(F)c1. The maximum Gasteiger partial charge on any atom is 0.243 e. The van der Waals surface area contributed by atoms with Crippen molar-refractivity contribution in [2.75, 3.05) is 25.5 Å². The molecule has 0 saturated heterocycles. The Bertz CT molecular complexity index is 473. The number of carbonyl (C=O) groups excluding carboxylic acids is 1. The molecule has 1 aromatic rings. The maximum atomic E-state index is 12.9. The highest BCUT2D eigenvalue weighted by atomic mass is 19.1. The lowest BCUT2D eigenvalue weighted by atomic mass is 10.3. The molecule has 0 aliphatic rings. The largest absolute Gasteiger partial charge is 0.353 e. The molecule has 0 aromatic heterocycles. The number of rotatable bonds is 5. The van der Waals surface area contributed by atoms with Gasteiger partial charge in [0.25, 0.3) is 0 Å². The first kappa shape index (κ1) is 14.7. The molecule has 0 spiro atoms. The van der Waals surface area contributed by atoms with Gasteiger partial charge in [-0.15, -0.1) is 6.58 Å². The number of nitrogens with zero attached hydrogens (tertiary/aromatic N) is 1. The van der Waals surface area contributed by atoms with Crippen molar-refractivity contribution < 1.29 is 9.18 Å². The van der Waals surface area contributed by atoms with E-state index in [4.69, 9.17) is 0 Å². The highest BCUT2D eigenvalue weighted by molar-refractivity contribution is 5.94.